The predicted octanol–water partition coefficient (Wildman–Crippen LogP) is 4.36. The Balaban J connectivity index is 1.59. The highest BCUT2D eigenvalue weighted by Gasteiger charge is 2.44. The number of fused-ring (bicyclic) bond motifs is 1. The van der Waals surface area contributed by atoms with Gasteiger partial charge in [-0.25, -0.2) is 0 Å². The van der Waals surface area contributed by atoms with Gasteiger partial charge in [-0.2, -0.15) is 5.10 Å². The van der Waals surface area contributed by atoms with Gasteiger partial charge in [0.2, 0.25) is 5.91 Å². The first kappa shape index (κ1) is 21.8. The molecule has 166 valence electrons. The molecule has 6 nitrogen and oxygen atoms in total. The van der Waals surface area contributed by atoms with Crippen molar-refractivity contribution in [2.45, 2.75) is 52.2 Å². The molecular weight excluding hydrogens is 400 g/mol. The number of hydrogen-bond acceptors (Lipinski definition) is 3. The van der Waals surface area contributed by atoms with Crippen LogP contribution in [0.15, 0.2) is 60.7 Å². The van der Waals surface area contributed by atoms with E-state index >= 15 is 0 Å². The van der Waals surface area contributed by atoms with E-state index < -0.39 is 5.54 Å². The quantitative estimate of drug-likeness (QED) is 0.610. The smallest absolute Gasteiger partial charge is 0.251 e. The minimum Gasteiger partial charge on any atom is -0.343 e. The lowest BCUT2D eigenvalue weighted by molar-refractivity contribution is -0.135. The maximum Gasteiger partial charge on any atom is 0.251 e. The maximum atomic E-state index is 13.2. The van der Waals surface area contributed by atoms with Crippen molar-refractivity contribution in [3.05, 3.63) is 88.7 Å². The van der Waals surface area contributed by atoms with Gasteiger partial charge in [0.15, 0.2) is 0 Å². The third kappa shape index (κ3) is 4.05. The van der Waals surface area contributed by atoms with E-state index in [-0.39, 0.29) is 23.8 Å². The van der Waals surface area contributed by atoms with E-state index in [1.165, 1.54) is 0 Å². The van der Waals surface area contributed by atoms with Crippen LogP contribution in [0.25, 0.3) is 0 Å². The first-order valence-corrected chi connectivity index (χ1v) is 11.1. The van der Waals surface area contributed by atoms with Crippen LogP contribution in [0.5, 0.6) is 0 Å². The molecule has 0 fully saturated rings. The van der Waals surface area contributed by atoms with Gasteiger partial charge in [-0.3, -0.25) is 14.7 Å². The zero-order valence-electron chi connectivity index (χ0n) is 19.1. The lowest BCUT2D eigenvalue weighted by Gasteiger charge is -2.31. The fraction of sp³-hybridized carbons (Fsp3) is 0.346. The third-order valence-electron chi connectivity index (χ3n) is 6.27. The number of nitrogens with one attached hydrogen (secondary N) is 2. The molecule has 3 aromatic rings. The molecule has 0 spiro atoms. The number of aromatic nitrogens is 2. The molecular formula is C26H30N4O2. The van der Waals surface area contributed by atoms with Crippen molar-refractivity contribution < 1.29 is 9.59 Å². The summed E-state index contributed by atoms with van der Waals surface area (Å²) in [5, 5.41) is 10.9. The Hall–Kier alpha value is -3.41. The molecule has 1 atom stereocenters. The molecule has 1 aromatic heterocycles. The van der Waals surface area contributed by atoms with Crippen LogP contribution in [0.1, 0.15) is 66.6 Å². The molecule has 2 amide bonds. The topological polar surface area (TPSA) is 78.1 Å². The van der Waals surface area contributed by atoms with Gasteiger partial charge in [0.05, 0.1) is 35.9 Å². The van der Waals surface area contributed by atoms with E-state index in [2.05, 4.69) is 29.4 Å². The second-order valence-electron chi connectivity index (χ2n) is 9.23. The summed E-state index contributed by atoms with van der Waals surface area (Å²) >= 11 is 0. The molecule has 6 heteroatoms. The Morgan fingerprint density at radius 1 is 1.06 bits per heavy atom. The molecule has 0 aliphatic carbocycles. The minimum absolute atomic E-state index is 0.0690. The van der Waals surface area contributed by atoms with Gasteiger partial charge in [0.1, 0.15) is 0 Å². The molecule has 2 N–H and O–H groups in total. The Bertz CT molecular complexity index is 1100. The number of benzene rings is 2. The summed E-state index contributed by atoms with van der Waals surface area (Å²) in [5.74, 6) is 0.0888. The van der Waals surface area contributed by atoms with Crippen LogP contribution in [-0.2, 0) is 23.3 Å². The third-order valence-corrected chi connectivity index (χ3v) is 6.27. The summed E-state index contributed by atoms with van der Waals surface area (Å²) in [6.45, 7) is 8.67. The summed E-state index contributed by atoms with van der Waals surface area (Å²) in [5.41, 5.74) is 3.84. The van der Waals surface area contributed by atoms with Gasteiger partial charge in [-0.15, -0.1) is 0 Å². The molecule has 2 heterocycles. The predicted molar refractivity (Wildman–Crippen MR) is 124 cm³/mol. The Morgan fingerprint density at radius 3 is 2.31 bits per heavy atom. The minimum atomic E-state index is -0.527. The van der Waals surface area contributed by atoms with E-state index in [9.17, 15) is 9.59 Å². The van der Waals surface area contributed by atoms with Gasteiger partial charge in [-0.1, -0.05) is 62.4 Å². The number of carbonyl (C=O) groups is 2. The standard InChI is InChI=1S/C26H30N4O2/c1-17(2)22(27-25(32)19-13-9-6-10-14-19)23-20-16-30(26(3,4)24(20)29-28-23)21(31)15-18-11-7-5-8-12-18/h5-14,17,22H,15-16H2,1-4H3,(H,27,32)(H,28,29). The second-order valence-corrected chi connectivity index (χ2v) is 9.23. The van der Waals surface area contributed by atoms with Gasteiger partial charge in [0.25, 0.3) is 5.91 Å². The van der Waals surface area contributed by atoms with Crippen molar-refractivity contribution in [1.29, 1.82) is 0 Å². The number of nitrogens with zero attached hydrogens (tertiary/aromatic N) is 2. The van der Waals surface area contributed by atoms with E-state index in [0.29, 0.717) is 18.5 Å². The number of rotatable bonds is 6. The van der Waals surface area contributed by atoms with Gasteiger partial charge >= 0.3 is 0 Å². The Kier molecular flexibility index (Phi) is 5.87. The number of aromatic amines is 1. The first-order chi connectivity index (χ1) is 15.3. The summed E-state index contributed by atoms with van der Waals surface area (Å²) < 4.78 is 0. The molecule has 0 saturated carbocycles. The molecule has 2 aromatic carbocycles. The molecule has 1 unspecified atom stereocenters. The molecule has 0 saturated heterocycles. The van der Waals surface area contributed by atoms with Crippen molar-refractivity contribution in [1.82, 2.24) is 20.4 Å². The fourth-order valence-electron chi connectivity index (χ4n) is 4.44. The SMILES string of the molecule is CC(C)C(NC(=O)c1ccccc1)c1[nH]nc2c1CN(C(=O)Cc1ccccc1)C2(C)C. The van der Waals surface area contributed by atoms with Crippen LogP contribution in [0, 0.1) is 5.92 Å². The van der Waals surface area contributed by atoms with Crippen molar-refractivity contribution in [3.8, 4) is 0 Å². The molecule has 4 rings (SSSR count). The number of carbonyl (C=O) groups excluding carboxylic acids is 2. The number of H-pyrrole nitrogens is 1. The average Bonchev–Trinajstić information content (AvgIpc) is 3.31. The largest absolute Gasteiger partial charge is 0.343 e. The lowest BCUT2D eigenvalue weighted by atomic mass is 9.94. The normalized spacial score (nSPS) is 15.5. The number of amides is 2. The fourth-order valence-corrected chi connectivity index (χ4v) is 4.44. The highest BCUT2D eigenvalue weighted by Crippen LogP contribution is 2.41. The van der Waals surface area contributed by atoms with Gasteiger partial charge < -0.3 is 10.2 Å². The average molecular weight is 431 g/mol. The highest BCUT2D eigenvalue weighted by molar-refractivity contribution is 5.94. The molecule has 0 bridgehead atoms. The van der Waals surface area contributed by atoms with Crippen LogP contribution >= 0.6 is 0 Å². The van der Waals surface area contributed by atoms with Crippen molar-refractivity contribution in [3.63, 3.8) is 0 Å². The van der Waals surface area contributed by atoms with Gasteiger partial charge in [0, 0.05) is 11.1 Å². The second kappa shape index (κ2) is 8.61. The highest BCUT2D eigenvalue weighted by atomic mass is 16.2. The summed E-state index contributed by atoms with van der Waals surface area (Å²) in [4.78, 5) is 27.9. The molecule has 1 aliphatic heterocycles. The van der Waals surface area contributed by atoms with Crippen LogP contribution < -0.4 is 5.32 Å². The van der Waals surface area contributed by atoms with Crippen molar-refractivity contribution in [2.24, 2.45) is 5.92 Å². The number of hydrogen-bond donors (Lipinski definition) is 2. The molecule has 32 heavy (non-hydrogen) atoms. The summed E-state index contributed by atoms with van der Waals surface area (Å²) in [7, 11) is 0. The monoisotopic (exact) mass is 430 g/mol. The lowest BCUT2D eigenvalue weighted by Crippen LogP contribution is -2.41. The van der Waals surface area contributed by atoms with E-state index in [1.807, 2.05) is 67.3 Å². The zero-order chi connectivity index (χ0) is 22.9. The zero-order valence-corrected chi connectivity index (χ0v) is 19.1. The van der Waals surface area contributed by atoms with E-state index in [4.69, 9.17) is 0 Å². The molecule has 0 radical (unpaired) electrons. The van der Waals surface area contributed by atoms with Crippen molar-refractivity contribution in [2.75, 3.05) is 0 Å². The summed E-state index contributed by atoms with van der Waals surface area (Å²) in [6.07, 6.45) is 0.353. The van der Waals surface area contributed by atoms with Crippen LogP contribution in [-0.4, -0.2) is 26.9 Å². The van der Waals surface area contributed by atoms with Crippen molar-refractivity contribution >= 4 is 11.8 Å². The Morgan fingerprint density at radius 2 is 1.69 bits per heavy atom. The molecule has 1 aliphatic rings. The van der Waals surface area contributed by atoms with E-state index in [1.54, 1.807) is 12.1 Å². The van der Waals surface area contributed by atoms with Crippen LogP contribution in [0.3, 0.4) is 0 Å². The van der Waals surface area contributed by atoms with E-state index in [0.717, 1.165) is 22.5 Å². The first-order valence-electron chi connectivity index (χ1n) is 11.1. The van der Waals surface area contributed by atoms with Crippen LogP contribution in [0.2, 0.25) is 0 Å². The maximum absolute atomic E-state index is 13.2. The summed E-state index contributed by atoms with van der Waals surface area (Å²) in [6, 6.07) is 18.8. The van der Waals surface area contributed by atoms with Gasteiger partial charge in [-0.05, 0) is 37.5 Å². The Labute approximate surface area is 189 Å². The van der Waals surface area contributed by atoms with Crippen LogP contribution in [0.4, 0.5) is 0 Å².